The first-order valence-electron chi connectivity index (χ1n) is 5.93. The Bertz CT molecular complexity index is 233. The van der Waals surface area contributed by atoms with Gasteiger partial charge in [0, 0.05) is 0 Å². The van der Waals surface area contributed by atoms with E-state index in [-0.39, 0.29) is 13.2 Å². The molecular weight excluding hydrogens is 280 g/mol. The molecule has 2 aliphatic heterocycles. The Hall–Kier alpha value is -0.400. The summed E-state index contributed by atoms with van der Waals surface area (Å²) in [7, 11) is 0. The van der Waals surface area contributed by atoms with E-state index in [0.29, 0.717) is 0 Å². The van der Waals surface area contributed by atoms with Crippen molar-refractivity contribution in [3.63, 3.8) is 0 Å². The predicted octanol–water partition coefficient (Wildman–Crippen LogP) is -5.16. The molecule has 2 heterocycles. The molecule has 0 aromatic heterocycles. The van der Waals surface area contributed by atoms with Gasteiger partial charge in [-0.3, -0.25) is 0 Å². The molecule has 0 radical (unpaired) electrons. The van der Waals surface area contributed by atoms with Crippen molar-refractivity contribution in [1.82, 2.24) is 0 Å². The molecule has 2 fully saturated rings. The van der Waals surface area contributed by atoms with Crippen molar-refractivity contribution in [2.45, 2.75) is 49.2 Å². The summed E-state index contributed by atoms with van der Waals surface area (Å²) in [5.41, 5.74) is 0. The highest BCUT2D eigenvalue weighted by molar-refractivity contribution is 4.81. The maximum atomic E-state index is 8.88. The zero-order valence-corrected chi connectivity index (χ0v) is 10.4. The lowest BCUT2D eigenvalue weighted by Gasteiger charge is -2.31. The molecule has 10 heteroatoms. The van der Waals surface area contributed by atoms with E-state index in [0.717, 1.165) is 0 Å². The molecule has 0 aliphatic carbocycles. The van der Waals surface area contributed by atoms with Crippen LogP contribution in [0.1, 0.15) is 0 Å². The van der Waals surface area contributed by atoms with Gasteiger partial charge in [0.15, 0.2) is 12.6 Å². The first-order valence-corrected chi connectivity index (χ1v) is 5.93. The fourth-order valence-corrected chi connectivity index (χ4v) is 1.58. The maximum Gasteiger partial charge on any atom is 0.183 e. The van der Waals surface area contributed by atoms with Crippen molar-refractivity contribution in [3.05, 3.63) is 0 Å². The third-order valence-electron chi connectivity index (χ3n) is 2.95. The van der Waals surface area contributed by atoms with Crippen LogP contribution in [-0.4, -0.2) is 103 Å². The van der Waals surface area contributed by atoms with Crippen LogP contribution in [0.15, 0.2) is 0 Å². The predicted molar refractivity (Wildman–Crippen MR) is 60.0 cm³/mol. The van der Waals surface area contributed by atoms with Gasteiger partial charge in [-0.25, -0.2) is 0 Å². The van der Waals surface area contributed by atoms with Crippen molar-refractivity contribution >= 4 is 0 Å². The highest BCUT2D eigenvalue weighted by Crippen LogP contribution is 2.13. The van der Waals surface area contributed by atoms with Crippen molar-refractivity contribution < 1.29 is 50.3 Å². The number of hydrogen-bond acceptors (Lipinski definition) is 10. The quantitative estimate of drug-likeness (QED) is 0.215. The van der Waals surface area contributed by atoms with E-state index >= 15 is 0 Å². The van der Waals surface area contributed by atoms with E-state index in [1.54, 1.807) is 0 Å². The van der Waals surface area contributed by atoms with Gasteiger partial charge < -0.3 is 50.3 Å². The van der Waals surface area contributed by atoms with Crippen LogP contribution in [0.3, 0.4) is 0 Å². The normalized spacial score (nSPS) is 49.2. The first kappa shape index (κ1) is 17.7. The Kier molecular flexibility index (Phi) is 6.68. The van der Waals surface area contributed by atoms with E-state index in [9.17, 15) is 0 Å². The fraction of sp³-hybridized carbons (Fsp3) is 1.00. The van der Waals surface area contributed by atoms with Gasteiger partial charge in [-0.15, -0.1) is 0 Å². The molecule has 0 unspecified atom stereocenters. The van der Waals surface area contributed by atoms with Crippen LogP contribution in [0, 0.1) is 0 Å². The minimum absolute atomic E-state index is 0.153. The largest absolute Gasteiger partial charge is 0.388 e. The molecule has 8 N–H and O–H groups in total. The maximum absolute atomic E-state index is 8.88. The van der Waals surface area contributed by atoms with Gasteiger partial charge in [-0.2, -0.15) is 0 Å². The van der Waals surface area contributed by atoms with Crippen LogP contribution in [0.4, 0.5) is 0 Å². The molecule has 0 amide bonds. The van der Waals surface area contributed by atoms with Crippen LogP contribution in [-0.2, 0) is 9.47 Å². The second kappa shape index (κ2) is 7.56. The number of hydrogen-bond donors (Lipinski definition) is 8. The molecule has 120 valence electrons. The molecular formula is C10H20O10. The van der Waals surface area contributed by atoms with Crippen molar-refractivity contribution in [2.75, 3.05) is 13.2 Å². The van der Waals surface area contributed by atoms with Gasteiger partial charge in [0.05, 0.1) is 13.2 Å². The molecule has 8 atom stereocenters. The molecule has 2 saturated heterocycles. The molecule has 20 heavy (non-hydrogen) atoms. The van der Waals surface area contributed by atoms with Crippen LogP contribution in [0.2, 0.25) is 0 Å². The van der Waals surface area contributed by atoms with Gasteiger partial charge in [-0.1, -0.05) is 0 Å². The van der Waals surface area contributed by atoms with E-state index in [1.807, 2.05) is 0 Å². The molecule has 0 aromatic rings. The van der Waals surface area contributed by atoms with E-state index in [1.165, 1.54) is 0 Å². The summed E-state index contributed by atoms with van der Waals surface area (Å²) in [4.78, 5) is 0. The number of aliphatic hydroxyl groups excluding tert-OH is 8. The van der Waals surface area contributed by atoms with Crippen LogP contribution < -0.4 is 0 Å². The van der Waals surface area contributed by atoms with Gasteiger partial charge in [0.1, 0.15) is 36.6 Å². The highest BCUT2D eigenvalue weighted by atomic mass is 16.6. The number of ether oxygens (including phenoxy) is 2. The standard InChI is InChI=1S/2C5H10O5/c2*6-2-1-10-5(9)4(8)3(2)7/h2*2-9H,1H2/t2*2-,3+,4+,5+/m11/s1. The fourth-order valence-electron chi connectivity index (χ4n) is 1.58. The minimum Gasteiger partial charge on any atom is -0.388 e. The highest BCUT2D eigenvalue weighted by Gasteiger charge is 2.36. The van der Waals surface area contributed by atoms with Gasteiger partial charge in [-0.05, 0) is 0 Å². The molecule has 10 nitrogen and oxygen atoms in total. The minimum atomic E-state index is -1.41. The average molecular weight is 300 g/mol. The summed E-state index contributed by atoms with van der Waals surface area (Å²) in [5.74, 6) is 0. The molecule has 0 saturated carbocycles. The van der Waals surface area contributed by atoms with E-state index in [4.69, 9.17) is 40.9 Å². The Labute approximate surface area is 114 Å². The smallest absolute Gasteiger partial charge is 0.183 e. The molecule has 0 bridgehead atoms. The van der Waals surface area contributed by atoms with Crippen molar-refractivity contribution in [3.8, 4) is 0 Å². The Balaban J connectivity index is 0.000000200. The third kappa shape index (κ3) is 4.30. The molecule has 2 rings (SSSR count). The van der Waals surface area contributed by atoms with Crippen molar-refractivity contribution in [2.24, 2.45) is 0 Å². The first-order chi connectivity index (χ1) is 9.25. The topological polar surface area (TPSA) is 180 Å². The number of aliphatic hydroxyl groups is 8. The summed E-state index contributed by atoms with van der Waals surface area (Å²) in [6, 6.07) is 0. The summed E-state index contributed by atoms with van der Waals surface area (Å²) < 4.78 is 8.94. The summed E-state index contributed by atoms with van der Waals surface area (Å²) in [5, 5.41) is 70.5. The van der Waals surface area contributed by atoms with Crippen LogP contribution >= 0.6 is 0 Å². The average Bonchev–Trinajstić information content (AvgIpc) is 2.43. The van der Waals surface area contributed by atoms with E-state index < -0.39 is 49.2 Å². The zero-order chi connectivity index (χ0) is 15.4. The van der Waals surface area contributed by atoms with Crippen LogP contribution in [0.5, 0.6) is 0 Å². The second-order valence-corrected chi connectivity index (χ2v) is 4.54. The zero-order valence-electron chi connectivity index (χ0n) is 10.4. The lowest BCUT2D eigenvalue weighted by Crippen LogP contribution is -2.52. The third-order valence-corrected chi connectivity index (χ3v) is 2.95. The molecule has 0 spiro atoms. The van der Waals surface area contributed by atoms with Gasteiger partial charge in [0.25, 0.3) is 0 Å². The second-order valence-electron chi connectivity index (χ2n) is 4.54. The lowest BCUT2D eigenvalue weighted by molar-refractivity contribution is -0.252. The Morgan fingerprint density at radius 2 is 0.800 bits per heavy atom. The van der Waals surface area contributed by atoms with E-state index in [2.05, 4.69) is 9.47 Å². The SMILES string of the molecule is O[C@@H]1[C@H](O)[C@@H](O)OC[C@H]1O.O[C@@H]1[C@H](O)[C@@H](O)OC[C@H]1O. The summed E-state index contributed by atoms with van der Waals surface area (Å²) in [6.07, 6.45) is -10.5. The lowest BCUT2D eigenvalue weighted by atomic mass is 10.1. The summed E-state index contributed by atoms with van der Waals surface area (Å²) in [6.45, 7) is -0.307. The summed E-state index contributed by atoms with van der Waals surface area (Å²) >= 11 is 0. The number of rotatable bonds is 0. The Morgan fingerprint density at radius 1 is 0.500 bits per heavy atom. The van der Waals surface area contributed by atoms with Gasteiger partial charge in [0.2, 0.25) is 0 Å². The van der Waals surface area contributed by atoms with Crippen LogP contribution in [0.25, 0.3) is 0 Å². The monoisotopic (exact) mass is 300 g/mol. The Morgan fingerprint density at radius 3 is 1.05 bits per heavy atom. The molecule has 0 aromatic carbocycles. The molecule has 2 aliphatic rings. The van der Waals surface area contributed by atoms with Crippen molar-refractivity contribution in [1.29, 1.82) is 0 Å². The van der Waals surface area contributed by atoms with Gasteiger partial charge >= 0.3 is 0 Å².